The van der Waals surface area contributed by atoms with Crippen LogP contribution < -0.4 is 10.1 Å². The summed E-state index contributed by atoms with van der Waals surface area (Å²) in [6.07, 6.45) is 3.35. The fourth-order valence-electron chi connectivity index (χ4n) is 2.22. The highest BCUT2D eigenvalue weighted by Crippen LogP contribution is 2.25. The average Bonchev–Trinajstić information content (AvgIpc) is 3.25. The molecule has 2 aromatic heterocycles. The minimum atomic E-state index is -0.270. The van der Waals surface area contributed by atoms with Crippen LogP contribution in [0.15, 0.2) is 30.5 Å². The number of methoxy groups -OCH3 is 1. The molecule has 0 saturated carbocycles. The first-order valence-electron chi connectivity index (χ1n) is 7.52. The van der Waals surface area contributed by atoms with E-state index in [4.69, 9.17) is 4.74 Å². The summed E-state index contributed by atoms with van der Waals surface area (Å²) in [7, 11) is 1.61. The predicted molar refractivity (Wildman–Crippen MR) is 92.4 cm³/mol. The molecule has 0 atom stereocenters. The van der Waals surface area contributed by atoms with Gasteiger partial charge in [0.05, 0.1) is 24.6 Å². The quantitative estimate of drug-likeness (QED) is 0.717. The molecule has 7 nitrogen and oxygen atoms in total. The van der Waals surface area contributed by atoms with E-state index >= 15 is 0 Å². The van der Waals surface area contributed by atoms with E-state index < -0.39 is 0 Å². The standard InChI is InChI=1S/C16H17N5O2S/c1-3-4-13-19-21-16(24-13)18-15(22)12-9-17-20-14(12)10-5-7-11(23-2)8-6-10/h5-9H,3-4H2,1-2H3,(H,17,20)(H,18,21,22). The molecule has 0 unspecified atom stereocenters. The highest BCUT2D eigenvalue weighted by atomic mass is 32.1. The summed E-state index contributed by atoms with van der Waals surface area (Å²) >= 11 is 1.39. The van der Waals surface area contributed by atoms with Gasteiger partial charge in [-0.15, -0.1) is 10.2 Å². The Hall–Kier alpha value is -2.74. The van der Waals surface area contributed by atoms with Crippen molar-refractivity contribution in [3.05, 3.63) is 41.0 Å². The van der Waals surface area contributed by atoms with Gasteiger partial charge in [-0.2, -0.15) is 5.10 Å². The molecular formula is C16H17N5O2S. The van der Waals surface area contributed by atoms with Crippen molar-refractivity contribution in [3.63, 3.8) is 0 Å². The Bertz CT molecular complexity index is 825. The lowest BCUT2D eigenvalue weighted by Gasteiger charge is -2.04. The van der Waals surface area contributed by atoms with Crippen molar-refractivity contribution in [2.75, 3.05) is 12.4 Å². The van der Waals surface area contributed by atoms with Crippen LogP contribution >= 0.6 is 11.3 Å². The van der Waals surface area contributed by atoms with Gasteiger partial charge in [0, 0.05) is 12.0 Å². The summed E-state index contributed by atoms with van der Waals surface area (Å²) in [6.45, 7) is 2.08. The molecule has 0 aliphatic heterocycles. The van der Waals surface area contributed by atoms with Crippen LogP contribution in [0.25, 0.3) is 11.3 Å². The van der Waals surface area contributed by atoms with Crippen molar-refractivity contribution in [3.8, 4) is 17.0 Å². The fraction of sp³-hybridized carbons (Fsp3) is 0.250. The minimum Gasteiger partial charge on any atom is -0.497 e. The zero-order valence-electron chi connectivity index (χ0n) is 13.4. The summed E-state index contributed by atoms with van der Waals surface area (Å²) in [6, 6.07) is 7.40. The summed E-state index contributed by atoms with van der Waals surface area (Å²) in [5.74, 6) is 0.482. The Morgan fingerprint density at radius 2 is 2.08 bits per heavy atom. The normalized spacial score (nSPS) is 10.6. The topological polar surface area (TPSA) is 92.8 Å². The number of hydrogen-bond acceptors (Lipinski definition) is 6. The Balaban J connectivity index is 1.79. The van der Waals surface area contributed by atoms with E-state index in [9.17, 15) is 4.79 Å². The number of ether oxygens (including phenoxy) is 1. The third-order valence-corrected chi connectivity index (χ3v) is 4.31. The number of rotatable bonds is 6. The highest BCUT2D eigenvalue weighted by molar-refractivity contribution is 7.15. The van der Waals surface area contributed by atoms with Crippen molar-refractivity contribution in [2.24, 2.45) is 0 Å². The van der Waals surface area contributed by atoms with Crippen molar-refractivity contribution >= 4 is 22.4 Å². The van der Waals surface area contributed by atoms with Crippen LogP contribution in [0.4, 0.5) is 5.13 Å². The van der Waals surface area contributed by atoms with Crippen molar-refractivity contribution < 1.29 is 9.53 Å². The van der Waals surface area contributed by atoms with Crippen molar-refractivity contribution in [2.45, 2.75) is 19.8 Å². The van der Waals surface area contributed by atoms with Crippen LogP contribution in [-0.4, -0.2) is 33.4 Å². The maximum atomic E-state index is 12.5. The van der Waals surface area contributed by atoms with Crippen molar-refractivity contribution in [1.29, 1.82) is 0 Å². The van der Waals surface area contributed by atoms with E-state index in [2.05, 4.69) is 32.6 Å². The minimum absolute atomic E-state index is 0.270. The number of aryl methyl sites for hydroxylation is 1. The Morgan fingerprint density at radius 1 is 1.29 bits per heavy atom. The number of aromatic nitrogens is 4. The molecule has 0 fully saturated rings. The molecule has 0 saturated heterocycles. The predicted octanol–water partition coefficient (Wildman–Crippen LogP) is 3.14. The molecule has 2 N–H and O–H groups in total. The van der Waals surface area contributed by atoms with Crippen LogP contribution in [0.1, 0.15) is 28.7 Å². The first-order chi connectivity index (χ1) is 11.7. The van der Waals surface area contributed by atoms with Gasteiger partial charge in [0.2, 0.25) is 5.13 Å². The van der Waals surface area contributed by atoms with Gasteiger partial charge in [-0.25, -0.2) is 0 Å². The molecule has 0 spiro atoms. The van der Waals surface area contributed by atoms with Crippen LogP contribution in [0, 0.1) is 0 Å². The monoisotopic (exact) mass is 343 g/mol. The second-order valence-corrected chi connectivity index (χ2v) is 6.15. The van der Waals surface area contributed by atoms with E-state index in [1.54, 1.807) is 7.11 Å². The molecule has 1 amide bonds. The van der Waals surface area contributed by atoms with Crippen molar-refractivity contribution in [1.82, 2.24) is 20.4 Å². The zero-order valence-corrected chi connectivity index (χ0v) is 14.2. The van der Waals surface area contributed by atoms with Crippen LogP contribution in [0.3, 0.4) is 0 Å². The smallest absolute Gasteiger partial charge is 0.261 e. The maximum absolute atomic E-state index is 12.5. The van der Waals surface area contributed by atoms with Gasteiger partial charge in [0.15, 0.2) is 0 Å². The molecule has 2 heterocycles. The lowest BCUT2D eigenvalue weighted by Crippen LogP contribution is -2.12. The number of benzene rings is 1. The van der Waals surface area contributed by atoms with Gasteiger partial charge in [0.1, 0.15) is 10.8 Å². The fourth-order valence-corrected chi connectivity index (χ4v) is 3.06. The third-order valence-electron chi connectivity index (χ3n) is 3.41. The average molecular weight is 343 g/mol. The van der Waals surface area contributed by atoms with Crippen LogP contribution in [0.5, 0.6) is 5.75 Å². The summed E-state index contributed by atoms with van der Waals surface area (Å²) < 4.78 is 5.15. The van der Waals surface area contributed by atoms with Gasteiger partial charge in [-0.3, -0.25) is 15.2 Å². The molecule has 1 aromatic carbocycles. The number of hydrogen-bond donors (Lipinski definition) is 2. The first-order valence-corrected chi connectivity index (χ1v) is 8.34. The molecule has 124 valence electrons. The lowest BCUT2D eigenvalue weighted by atomic mass is 10.1. The summed E-state index contributed by atoms with van der Waals surface area (Å²) in [5, 5.41) is 19.1. The molecule has 24 heavy (non-hydrogen) atoms. The van der Waals surface area contributed by atoms with E-state index in [0.29, 0.717) is 16.4 Å². The maximum Gasteiger partial charge on any atom is 0.261 e. The molecule has 3 aromatic rings. The van der Waals surface area contributed by atoms with E-state index in [0.717, 1.165) is 29.2 Å². The third kappa shape index (κ3) is 3.43. The van der Waals surface area contributed by atoms with Gasteiger partial charge in [-0.05, 0) is 30.7 Å². The van der Waals surface area contributed by atoms with E-state index in [-0.39, 0.29) is 5.91 Å². The SMILES string of the molecule is CCCc1nnc(NC(=O)c2cn[nH]c2-c2ccc(OC)cc2)s1. The first kappa shape index (κ1) is 16.1. The molecule has 3 rings (SSSR count). The van der Waals surface area contributed by atoms with Crippen LogP contribution in [-0.2, 0) is 6.42 Å². The molecule has 0 aliphatic rings. The number of amides is 1. The Morgan fingerprint density at radius 3 is 2.79 bits per heavy atom. The van der Waals surface area contributed by atoms with Gasteiger partial charge < -0.3 is 4.74 Å². The summed E-state index contributed by atoms with van der Waals surface area (Å²) in [5.41, 5.74) is 1.95. The zero-order chi connectivity index (χ0) is 16.9. The number of H-pyrrole nitrogens is 1. The van der Waals surface area contributed by atoms with E-state index in [1.807, 2.05) is 24.3 Å². The lowest BCUT2D eigenvalue weighted by molar-refractivity contribution is 0.102. The second kappa shape index (κ2) is 7.22. The number of nitrogens with one attached hydrogen (secondary N) is 2. The van der Waals surface area contributed by atoms with Gasteiger partial charge in [-0.1, -0.05) is 18.3 Å². The Kier molecular flexibility index (Phi) is 4.85. The highest BCUT2D eigenvalue weighted by Gasteiger charge is 2.17. The molecular weight excluding hydrogens is 326 g/mol. The largest absolute Gasteiger partial charge is 0.497 e. The number of carbonyl (C=O) groups is 1. The van der Waals surface area contributed by atoms with Crippen LogP contribution in [0.2, 0.25) is 0 Å². The number of anilines is 1. The molecule has 8 heteroatoms. The van der Waals surface area contributed by atoms with E-state index in [1.165, 1.54) is 17.5 Å². The number of nitrogens with zero attached hydrogens (tertiary/aromatic N) is 3. The Labute approximate surface area is 143 Å². The van der Waals surface area contributed by atoms with Gasteiger partial charge >= 0.3 is 0 Å². The number of aromatic amines is 1. The molecule has 0 bridgehead atoms. The number of carbonyl (C=O) groups excluding carboxylic acids is 1. The molecule has 0 radical (unpaired) electrons. The second-order valence-electron chi connectivity index (χ2n) is 5.09. The summed E-state index contributed by atoms with van der Waals surface area (Å²) in [4.78, 5) is 12.5. The van der Waals surface area contributed by atoms with Gasteiger partial charge in [0.25, 0.3) is 5.91 Å². The molecule has 0 aliphatic carbocycles.